The van der Waals surface area contributed by atoms with Gasteiger partial charge in [0.15, 0.2) is 0 Å². The highest BCUT2D eigenvalue weighted by Crippen LogP contribution is 2.52. The zero-order valence-electron chi connectivity index (χ0n) is 14.3. The summed E-state index contributed by atoms with van der Waals surface area (Å²) in [4.78, 5) is 12.8. The molecule has 1 fully saturated rings. The molecule has 4 nitrogen and oxygen atoms in total. The number of ether oxygens (including phenoxy) is 3. The first-order valence-corrected chi connectivity index (χ1v) is 8.46. The highest BCUT2D eigenvalue weighted by molar-refractivity contribution is 5.78. The van der Waals surface area contributed by atoms with Gasteiger partial charge >= 0.3 is 5.97 Å². The van der Waals surface area contributed by atoms with Crippen molar-refractivity contribution in [3.63, 3.8) is 0 Å². The first-order valence-electron chi connectivity index (χ1n) is 8.46. The van der Waals surface area contributed by atoms with E-state index < -0.39 is 5.41 Å². The highest BCUT2D eigenvalue weighted by Gasteiger charge is 2.53. The molecule has 5 atom stereocenters. The molecule has 1 saturated carbocycles. The SMILES string of the molecule is CCOC(=O)[C@]1(C)[C@@H](COCOC)C=C[C@H]2C[C@H](C)CC[C@H]21. The standard InChI is InChI=1S/C18H30O4/c1-5-22-17(19)18(3)15(11-21-12-20-4)8-7-14-10-13(2)6-9-16(14)18/h7-8,13-16H,5-6,9-12H2,1-4H3/t13-,14+,15-,16-,18-/m1/s1. The maximum Gasteiger partial charge on any atom is 0.312 e. The Morgan fingerprint density at radius 3 is 2.77 bits per heavy atom. The lowest BCUT2D eigenvalue weighted by atomic mass is 9.55. The van der Waals surface area contributed by atoms with Crippen LogP contribution >= 0.6 is 0 Å². The fourth-order valence-electron chi connectivity index (χ4n) is 4.21. The summed E-state index contributed by atoms with van der Waals surface area (Å²) in [5.41, 5.74) is -0.497. The van der Waals surface area contributed by atoms with E-state index >= 15 is 0 Å². The lowest BCUT2D eigenvalue weighted by molar-refractivity contribution is -0.168. The Bertz CT molecular complexity index is 406. The minimum absolute atomic E-state index is 0.0522. The smallest absolute Gasteiger partial charge is 0.312 e. The summed E-state index contributed by atoms with van der Waals surface area (Å²) in [6, 6.07) is 0. The molecule has 2 aliphatic rings. The molecular formula is C18H30O4. The summed E-state index contributed by atoms with van der Waals surface area (Å²) >= 11 is 0. The zero-order valence-corrected chi connectivity index (χ0v) is 14.3. The van der Waals surface area contributed by atoms with Crippen LogP contribution in [0.2, 0.25) is 0 Å². The quantitative estimate of drug-likeness (QED) is 0.326. The maximum absolute atomic E-state index is 12.8. The molecule has 4 heteroatoms. The summed E-state index contributed by atoms with van der Waals surface area (Å²) in [7, 11) is 1.61. The summed E-state index contributed by atoms with van der Waals surface area (Å²) < 4.78 is 16.0. The van der Waals surface area contributed by atoms with E-state index in [9.17, 15) is 4.79 Å². The lowest BCUT2D eigenvalue weighted by Crippen LogP contribution is -2.50. The number of methoxy groups -OCH3 is 1. The molecular weight excluding hydrogens is 280 g/mol. The number of carbonyl (C=O) groups is 1. The lowest BCUT2D eigenvalue weighted by Gasteiger charge is -2.49. The Hall–Kier alpha value is -0.870. The van der Waals surface area contributed by atoms with Crippen LogP contribution in [0, 0.1) is 29.1 Å². The average Bonchev–Trinajstić information content (AvgIpc) is 2.49. The Morgan fingerprint density at radius 2 is 2.09 bits per heavy atom. The predicted molar refractivity (Wildman–Crippen MR) is 85.2 cm³/mol. The van der Waals surface area contributed by atoms with Crippen LogP contribution in [0.15, 0.2) is 12.2 Å². The van der Waals surface area contributed by atoms with Crippen LogP contribution in [0.1, 0.15) is 40.0 Å². The van der Waals surface area contributed by atoms with E-state index in [1.54, 1.807) is 7.11 Å². The van der Waals surface area contributed by atoms with Crippen molar-refractivity contribution in [3.8, 4) is 0 Å². The van der Waals surface area contributed by atoms with Crippen molar-refractivity contribution in [1.82, 2.24) is 0 Å². The Labute approximate surface area is 134 Å². The first-order chi connectivity index (χ1) is 10.5. The number of fused-ring (bicyclic) bond motifs is 1. The van der Waals surface area contributed by atoms with E-state index in [2.05, 4.69) is 26.0 Å². The third-order valence-electron chi connectivity index (χ3n) is 5.51. The van der Waals surface area contributed by atoms with Crippen molar-refractivity contribution in [2.24, 2.45) is 29.1 Å². The van der Waals surface area contributed by atoms with Crippen molar-refractivity contribution in [1.29, 1.82) is 0 Å². The molecule has 0 aliphatic heterocycles. The number of rotatable bonds is 6. The average molecular weight is 310 g/mol. The van der Waals surface area contributed by atoms with Crippen molar-refractivity contribution >= 4 is 5.97 Å². The summed E-state index contributed by atoms with van der Waals surface area (Å²) in [6.45, 7) is 7.43. The minimum atomic E-state index is -0.497. The largest absolute Gasteiger partial charge is 0.466 e. The van der Waals surface area contributed by atoms with Crippen LogP contribution in [0.5, 0.6) is 0 Å². The number of carbonyl (C=O) groups excluding carboxylic acids is 1. The molecule has 0 bridgehead atoms. The van der Waals surface area contributed by atoms with Gasteiger partial charge in [-0.2, -0.15) is 0 Å². The Morgan fingerprint density at radius 1 is 1.32 bits per heavy atom. The van der Waals surface area contributed by atoms with Gasteiger partial charge in [-0.3, -0.25) is 4.79 Å². The third kappa shape index (κ3) is 3.38. The molecule has 0 heterocycles. The number of esters is 1. The topological polar surface area (TPSA) is 44.8 Å². The zero-order chi connectivity index (χ0) is 16.2. The van der Waals surface area contributed by atoms with E-state index in [0.717, 1.165) is 12.3 Å². The summed E-state index contributed by atoms with van der Waals surface area (Å²) in [5.74, 6) is 1.55. The highest BCUT2D eigenvalue weighted by atomic mass is 16.7. The van der Waals surface area contributed by atoms with Crippen molar-refractivity contribution in [2.75, 3.05) is 27.1 Å². The molecule has 0 aromatic rings. The molecule has 0 amide bonds. The molecule has 2 aliphatic carbocycles. The molecule has 0 radical (unpaired) electrons. The van der Waals surface area contributed by atoms with Crippen LogP contribution in [0.25, 0.3) is 0 Å². The predicted octanol–water partition coefficient (Wildman–Crippen LogP) is 3.41. The van der Waals surface area contributed by atoms with Crippen LogP contribution in [-0.2, 0) is 19.0 Å². The van der Waals surface area contributed by atoms with Crippen LogP contribution in [0.4, 0.5) is 0 Å². The Kier molecular flexibility index (Phi) is 6.04. The summed E-state index contributed by atoms with van der Waals surface area (Å²) in [6.07, 6.45) is 7.93. The van der Waals surface area contributed by atoms with Gasteiger partial charge in [-0.1, -0.05) is 25.5 Å². The van der Waals surface area contributed by atoms with Crippen molar-refractivity contribution in [3.05, 3.63) is 12.2 Å². The van der Waals surface area contributed by atoms with E-state index in [0.29, 0.717) is 25.0 Å². The van der Waals surface area contributed by atoms with Crippen molar-refractivity contribution < 1.29 is 19.0 Å². The van der Waals surface area contributed by atoms with Gasteiger partial charge < -0.3 is 14.2 Å². The fraction of sp³-hybridized carbons (Fsp3) is 0.833. The van der Waals surface area contributed by atoms with Crippen LogP contribution in [0.3, 0.4) is 0 Å². The third-order valence-corrected chi connectivity index (χ3v) is 5.51. The number of hydrogen-bond donors (Lipinski definition) is 0. The Balaban J connectivity index is 2.23. The second-order valence-corrected chi connectivity index (χ2v) is 6.96. The monoisotopic (exact) mass is 310 g/mol. The molecule has 0 N–H and O–H groups in total. The van der Waals surface area contributed by atoms with Gasteiger partial charge in [0.2, 0.25) is 0 Å². The normalized spacial score (nSPS) is 37.6. The minimum Gasteiger partial charge on any atom is -0.466 e. The van der Waals surface area contributed by atoms with Crippen molar-refractivity contribution in [2.45, 2.75) is 40.0 Å². The number of allylic oxidation sites excluding steroid dienone is 1. The van der Waals surface area contributed by atoms with E-state index in [1.165, 1.54) is 12.8 Å². The fourth-order valence-corrected chi connectivity index (χ4v) is 4.21. The van der Waals surface area contributed by atoms with Gasteiger partial charge in [-0.15, -0.1) is 0 Å². The van der Waals surface area contributed by atoms with Gasteiger partial charge in [0, 0.05) is 13.0 Å². The van der Waals surface area contributed by atoms with Gasteiger partial charge in [-0.05, 0) is 44.4 Å². The second kappa shape index (κ2) is 7.60. The van der Waals surface area contributed by atoms with E-state index in [1.807, 2.05) is 6.92 Å². The second-order valence-electron chi connectivity index (χ2n) is 6.96. The van der Waals surface area contributed by atoms with Gasteiger partial charge in [0.1, 0.15) is 6.79 Å². The number of hydrogen-bond acceptors (Lipinski definition) is 4. The first kappa shape index (κ1) is 17.5. The van der Waals surface area contributed by atoms with Crippen LogP contribution in [-0.4, -0.2) is 33.1 Å². The molecule has 0 aromatic heterocycles. The molecule has 2 rings (SSSR count). The molecule has 126 valence electrons. The van der Waals surface area contributed by atoms with Gasteiger partial charge in [-0.25, -0.2) is 0 Å². The molecule has 0 unspecified atom stereocenters. The molecule has 0 aromatic carbocycles. The molecule has 0 saturated heterocycles. The van der Waals surface area contributed by atoms with E-state index in [4.69, 9.17) is 14.2 Å². The molecule has 22 heavy (non-hydrogen) atoms. The maximum atomic E-state index is 12.8. The molecule has 0 spiro atoms. The van der Waals surface area contributed by atoms with Gasteiger partial charge in [0.05, 0.1) is 18.6 Å². The van der Waals surface area contributed by atoms with E-state index in [-0.39, 0.29) is 18.7 Å². The summed E-state index contributed by atoms with van der Waals surface area (Å²) in [5, 5.41) is 0. The van der Waals surface area contributed by atoms with Crippen LogP contribution < -0.4 is 0 Å². The van der Waals surface area contributed by atoms with Gasteiger partial charge in [0.25, 0.3) is 0 Å².